The number of aromatic nitrogens is 4. The van der Waals surface area contributed by atoms with E-state index in [0.717, 1.165) is 45.8 Å². The van der Waals surface area contributed by atoms with Crippen LogP contribution in [-0.2, 0) is 19.9 Å². The van der Waals surface area contributed by atoms with Gasteiger partial charge in [0, 0.05) is 19.0 Å². The van der Waals surface area contributed by atoms with Gasteiger partial charge in [0.15, 0.2) is 5.78 Å². The summed E-state index contributed by atoms with van der Waals surface area (Å²) in [4.78, 5) is 24.8. The van der Waals surface area contributed by atoms with Crippen molar-refractivity contribution in [3.05, 3.63) is 74.7 Å². The average Bonchev–Trinajstić information content (AvgIpc) is 3.33. The molecule has 2 aromatic carbocycles. The standard InChI is InChI=1S/C22H20N4O3S/c1-4-16-17(6-5-7-18(16)21-24-26(3)22(28)29-21)15-10-8-14(9-11-15)12-19(27)20-13(2)23-25-30-20/h5-11H,4,12H2,1-3H3. The Bertz CT molecular complexity index is 1270. The van der Waals surface area contributed by atoms with E-state index in [4.69, 9.17) is 4.42 Å². The molecule has 0 unspecified atom stereocenters. The molecular weight excluding hydrogens is 400 g/mol. The fourth-order valence-electron chi connectivity index (χ4n) is 3.45. The largest absolute Gasteiger partial charge is 0.437 e. The fourth-order valence-corrected chi connectivity index (χ4v) is 4.04. The smallest absolute Gasteiger partial charge is 0.388 e. The zero-order valence-corrected chi connectivity index (χ0v) is 17.7. The van der Waals surface area contributed by atoms with Gasteiger partial charge in [0.1, 0.15) is 4.88 Å². The minimum absolute atomic E-state index is 0.0247. The predicted octanol–water partition coefficient (Wildman–Crippen LogP) is 3.86. The average molecular weight is 420 g/mol. The van der Waals surface area contributed by atoms with Crippen molar-refractivity contribution in [3.8, 4) is 22.6 Å². The maximum Gasteiger partial charge on any atom is 0.437 e. The van der Waals surface area contributed by atoms with Crippen molar-refractivity contribution in [1.29, 1.82) is 0 Å². The fraction of sp³-hybridized carbons (Fsp3) is 0.227. The molecule has 0 aliphatic carbocycles. The van der Waals surface area contributed by atoms with Crippen molar-refractivity contribution in [2.24, 2.45) is 7.05 Å². The van der Waals surface area contributed by atoms with Gasteiger partial charge >= 0.3 is 5.76 Å². The summed E-state index contributed by atoms with van der Waals surface area (Å²) < 4.78 is 10.3. The number of nitrogens with zero attached hydrogens (tertiary/aromatic N) is 4. The summed E-state index contributed by atoms with van der Waals surface area (Å²) in [6.07, 6.45) is 1.06. The molecule has 0 radical (unpaired) electrons. The number of Topliss-reactive ketones (excluding diaryl/α,β-unsaturated/α-hetero) is 1. The first-order chi connectivity index (χ1) is 14.5. The van der Waals surface area contributed by atoms with Crippen molar-refractivity contribution in [3.63, 3.8) is 0 Å². The Morgan fingerprint density at radius 1 is 1.13 bits per heavy atom. The molecule has 2 heterocycles. The summed E-state index contributed by atoms with van der Waals surface area (Å²) in [5.74, 6) is -0.147. The number of hydrogen-bond acceptors (Lipinski definition) is 7. The second-order valence-corrected chi connectivity index (χ2v) is 7.72. The summed E-state index contributed by atoms with van der Waals surface area (Å²) in [6, 6.07) is 13.8. The third-order valence-corrected chi connectivity index (χ3v) is 5.85. The molecule has 0 bridgehead atoms. The van der Waals surface area contributed by atoms with Crippen molar-refractivity contribution in [2.45, 2.75) is 26.7 Å². The first-order valence-corrected chi connectivity index (χ1v) is 10.3. The molecule has 0 amide bonds. The topological polar surface area (TPSA) is 90.9 Å². The number of aryl methyl sites for hydroxylation is 2. The van der Waals surface area contributed by atoms with Crippen LogP contribution in [0.5, 0.6) is 0 Å². The van der Waals surface area contributed by atoms with E-state index < -0.39 is 5.76 Å². The van der Waals surface area contributed by atoms with Crippen LogP contribution >= 0.6 is 11.5 Å². The molecule has 7 nitrogen and oxygen atoms in total. The summed E-state index contributed by atoms with van der Waals surface area (Å²) in [7, 11) is 1.56. The molecule has 0 spiro atoms. The molecule has 4 rings (SSSR count). The molecule has 0 saturated heterocycles. The van der Waals surface area contributed by atoms with Gasteiger partial charge < -0.3 is 4.42 Å². The van der Waals surface area contributed by atoms with E-state index in [1.807, 2.05) is 42.5 Å². The van der Waals surface area contributed by atoms with Crippen molar-refractivity contribution in [2.75, 3.05) is 0 Å². The molecule has 0 saturated carbocycles. The highest BCUT2D eigenvalue weighted by molar-refractivity contribution is 7.08. The van der Waals surface area contributed by atoms with Crippen LogP contribution < -0.4 is 5.76 Å². The Balaban J connectivity index is 1.64. The molecule has 0 N–H and O–H groups in total. The van der Waals surface area contributed by atoms with E-state index in [1.165, 1.54) is 4.68 Å². The zero-order valence-electron chi connectivity index (χ0n) is 16.9. The van der Waals surface area contributed by atoms with Gasteiger partial charge in [-0.05, 0) is 53.2 Å². The maximum atomic E-state index is 12.5. The Morgan fingerprint density at radius 3 is 2.47 bits per heavy atom. The third kappa shape index (κ3) is 3.73. The van der Waals surface area contributed by atoms with Gasteiger partial charge in [0.2, 0.25) is 5.89 Å². The van der Waals surface area contributed by atoms with Crippen LogP contribution in [0.3, 0.4) is 0 Å². The van der Waals surface area contributed by atoms with Crippen molar-refractivity contribution < 1.29 is 9.21 Å². The van der Waals surface area contributed by atoms with Gasteiger partial charge in [-0.15, -0.1) is 10.2 Å². The lowest BCUT2D eigenvalue weighted by atomic mass is 9.93. The van der Waals surface area contributed by atoms with Crippen LogP contribution in [0.4, 0.5) is 0 Å². The SMILES string of the molecule is CCc1c(-c2ccc(CC(=O)c3snnc3C)cc2)cccc1-c1nn(C)c(=O)o1. The van der Waals surface area contributed by atoms with Crippen molar-refractivity contribution in [1.82, 2.24) is 19.4 Å². The summed E-state index contributed by atoms with van der Waals surface area (Å²) >= 11 is 1.13. The number of ketones is 1. The molecule has 0 fully saturated rings. The Labute approximate surface area is 177 Å². The van der Waals surface area contributed by atoms with Crippen LogP contribution in [0.25, 0.3) is 22.6 Å². The second-order valence-electron chi connectivity index (χ2n) is 6.97. The number of hydrogen-bond donors (Lipinski definition) is 0. The lowest BCUT2D eigenvalue weighted by molar-refractivity contribution is 0.0996. The molecule has 0 aliphatic heterocycles. The normalized spacial score (nSPS) is 11.0. The molecule has 152 valence electrons. The first-order valence-electron chi connectivity index (χ1n) is 9.55. The monoisotopic (exact) mass is 420 g/mol. The molecular formula is C22H20N4O3S. The van der Waals surface area contributed by atoms with E-state index in [2.05, 4.69) is 21.6 Å². The Kier molecular flexibility index (Phi) is 5.41. The zero-order chi connectivity index (χ0) is 21.3. The minimum Gasteiger partial charge on any atom is -0.388 e. The van der Waals surface area contributed by atoms with Gasteiger partial charge in [-0.1, -0.05) is 47.8 Å². The first kappa shape index (κ1) is 19.9. The van der Waals surface area contributed by atoms with E-state index >= 15 is 0 Å². The number of carbonyl (C=O) groups is 1. The van der Waals surface area contributed by atoms with Gasteiger partial charge in [-0.3, -0.25) is 4.79 Å². The van der Waals surface area contributed by atoms with E-state index in [-0.39, 0.29) is 5.78 Å². The van der Waals surface area contributed by atoms with Gasteiger partial charge in [-0.2, -0.15) is 4.68 Å². The molecule has 4 aromatic rings. The van der Waals surface area contributed by atoms with Gasteiger partial charge in [-0.25, -0.2) is 4.79 Å². The molecule has 2 aromatic heterocycles. The van der Waals surface area contributed by atoms with Gasteiger partial charge in [0.25, 0.3) is 0 Å². The minimum atomic E-state index is -0.488. The number of carbonyl (C=O) groups excluding carboxylic acids is 1. The van der Waals surface area contributed by atoms with Crippen LogP contribution in [-0.4, -0.2) is 25.2 Å². The lowest BCUT2D eigenvalue weighted by Gasteiger charge is -2.12. The number of benzene rings is 2. The maximum absolute atomic E-state index is 12.5. The highest BCUT2D eigenvalue weighted by Crippen LogP contribution is 2.32. The predicted molar refractivity (Wildman–Crippen MR) is 115 cm³/mol. The highest BCUT2D eigenvalue weighted by atomic mass is 32.1. The van der Waals surface area contributed by atoms with E-state index in [1.54, 1.807) is 14.0 Å². The van der Waals surface area contributed by atoms with Crippen LogP contribution in [0.15, 0.2) is 51.7 Å². The van der Waals surface area contributed by atoms with Crippen LogP contribution in [0.2, 0.25) is 0 Å². The Hall–Kier alpha value is -3.39. The summed E-state index contributed by atoms with van der Waals surface area (Å²) in [5, 5.41) is 8.10. The number of rotatable bonds is 6. The quantitative estimate of drug-likeness (QED) is 0.440. The Morgan fingerprint density at radius 2 is 1.87 bits per heavy atom. The highest BCUT2D eigenvalue weighted by Gasteiger charge is 2.17. The molecule has 0 atom stereocenters. The van der Waals surface area contributed by atoms with E-state index in [0.29, 0.717) is 22.9 Å². The molecule has 8 heteroatoms. The van der Waals surface area contributed by atoms with Gasteiger partial charge in [0.05, 0.1) is 5.69 Å². The van der Waals surface area contributed by atoms with Crippen LogP contribution in [0.1, 0.15) is 33.4 Å². The third-order valence-electron chi connectivity index (χ3n) is 4.98. The molecule has 30 heavy (non-hydrogen) atoms. The summed E-state index contributed by atoms with van der Waals surface area (Å²) in [6.45, 7) is 3.85. The molecule has 0 aliphatic rings. The van der Waals surface area contributed by atoms with Crippen molar-refractivity contribution >= 4 is 17.3 Å². The van der Waals surface area contributed by atoms with Crippen LogP contribution in [0, 0.1) is 6.92 Å². The van der Waals surface area contributed by atoms with E-state index in [9.17, 15) is 9.59 Å². The lowest BCUT2D eigenvalue weighted by Crippen LogP contribution is -2.09. The summed E-state index contributed by atoms with van der Waals surface area (Å²) in [5.41, 5.74) is 5.53. The second kappa shape index (κ2) is 8.16.